The minimum atomic E-state index is -0.132. The van der Waals surface area contributed by atoms with Crippen molar-refractivity contribution in [3.63, 3.8) is 0 Å². The molecular weight excluding hydrogens is 310 g/mol. The summed E-state index contributed by atoms with van der Waals surface area (Å²) < 4.78 is 0. The summed E-state index contributed by atoms with van der Waals surface area (Å²) in [6.07, 6.45) is 0. The Kier molecular flexibility index (Phi) is 5.90. The lowest BCUT2D eigenvalue weighted by Gasteiger charge is -2.23. The Morgan fingerprint density at radius 1 is 1.17 bits per heavy atom. The monoisotopic (exact) mass is 331 g/mol. The molecule has 0 bridgehead atoms. The molecule has 23 heavy (non-hydrogen) atoms. The lowest BCUT2D eigenvalue weighted by molar-refractivity contribution is -0.114. The van der Waals surface area contributed by atoms with Crippen LogP contribution < -0.4 is 10.6 Å². The first-order valence-electron chi connectivity index (χ1n) is 7.33. The van der Waals surface area contributed by atoms with E-state index in [-0.39, 0.29) is 17.9 Å². The first-order valence-corrected chi connectivity index (χ1v) is 8.21. The number of carbonyl (C=O) groups excluding carboxylic acids is 2. The molecule has 2 rings (SSSR count). The summed E-state index contributed by atoms with van der Waals surface area (Å²) in [4.78, 5) is 26.6. The van der Waals surface area contributed by atoms with Crippen LogP contribution in [0.5, 0.6) is 0 Å². The maximum absolute atomic E-state index is 12.3. The second-order valence-electron chi connectivity index (χ2n) is 5.46. The maximum atomic E-state index is 12.3. The van der Waals surface area contributed by atoms with Crippen LogP contribution in [0.2, 0.25) is 0 Å². The molecule has 2 aromatic rings. The van der Waals surface area contributed by atoms with E-state index in [9.17, 15) is 9.59 Å². The predicted molar refractivity (Wildman–Crippen MR) is 93.8 cm³/mol. The Labute approximate surface area is 140 Å². The van der Waals surface area contributed by atoms with Crippen molar-refractivity contribution < 1.29 is 9.59 Å². The Morgan fingerprint density at radius 2 is 1.87 bits per heavy atom. The molecule has 0 aliphatic rings. The first-order chi connectivity index (χ1) is 11.0. The van der Waals surface area contributed by atoms with E-state index in [2.05, 4.69) is 21.6 Å². The number of benzene rings is 1. The molecule has 1 unspecified atom stereocenters. The normalized spacial score (nSPS) is 12.0. The van der Waals surface area contributed by atoms with Gasteiger partial charge in [0, 0.05) is 29.6 Å². The van der Waals surface area contributed by atoms with Gasteiger partial charge in [0.25, 0.3) is 5.91 Å². The second kappa shape index (κ2) is 7.89. The number of rotatable bonds is 6. The number of hydrogen-bond donors (Lipinski definition) is 2. The van der Waals surface area contributed by atoms with E-state index in [1.54, 1.807) is 35.6 Å². The number of thiophene rings is 1. The van der Waals surface area contributed by atoms with E-state index < -0.39 is 0 Å². The SMILES string of the molecule is CC(=O)Nc1ccc(C(=O)NCC(c2cccs2)N(C)C)cc1. The van der Waals surface area contributed by atoms with Gasteiger partial charge in [-0.15, -0.1) is 11.3 Å². The van der Waals surface area contributed by atoms with Crippen LogP contribution in [0.25, 0.3) is 0 Å². The standard InChI is InChI=1S/C17H21N3O2S/c1-12(21)19-14-8-6-13(7-9-14)17(22)18-11-15(20(2)3)16-5-4-10-23-16/h4-10,15H,11H2,1-3H3,(H,18,22)(H,19,21). The van der Waals surface area contributed by atoms with E-state index >= 15 is 0 Å². The van der Waals surface area contributed by atoms with Gasteiger partial charge < -0.3 is 15.5 Å². The van der Waals surface area contributed by atoms with Crippen LogP contribution >= 0.6 is 11.3 Å². The smallest absolute Gasteiger partial charge is 0.251 e. The van der Waals surface area contributed by atoms with Crippen LogP contribution in [0.1, 0.15) is 28.2 Å². The highest BCUT2D eigenvalue weighted by Gasteiger charge is 2.16. The van der Waals surface area contributed by atoms with E-state index in [1.807, 2.05) is 25.5 Å². The molecule has 1 aromatic heterocycles. The van der Waals surface area contributed by atoms with E-state index in [1.165, 1.54) is 11.8 Å². The summed E-state index contributed by atoms with van der Waals surface area (Å²) in [5.74, 6) is -0.255. The van der Waals surface area contributed by atoms with Crippen LogP contribution in [-0.4, -0.2) is 37.4 Å². The third kappa shape index (κ3) is 4.91. The number of likely N-dealkylation sites (N-methyl/N-ethyl adjacent to an activating group) is 1. The number of anilines is 1. The average Bonchev–Trinajstić information content (AvgIpc) is 3.01. The van der Waals surface area contributed by atoms with Gasteiger partial charge in [-0.3, -0.25) is 9.59 Å². The van der Waals surface area contributed by atoms with Gasteiger partial charge in [0.1, 0.15) is 0 Å². The summed E-state index contributed by atoms with van der Waals surface area (Å²) in [6.45, 7) is 1.99. The van der Waals surface area contributed by atoms with Gasteiger partial charge >= 0.3 is 0 Å². The van der Waals surface area contributed by atoms with Crippen molar-refractivity contribution in [3.8, 4) is 0 Å². The summed E-state index contributed by atoms with van der Waals surface area (Å²) in [7, 11) is 4.00. The highest BCUT2D eigenvalue weighted by atomic mass is 32.1. The summed E-state index contributed by atoms with van der Waals surface area (Å²) >= 11 is 1.68. The number of nitrogens with one attached hydrogen (secondary N) is 2. The second-order valence-corrected chi connectivity index (χ2v) is 6.44. The lowest BCUT2D eigenvalue weighted by Crippen LogP contribution is -2.34. The first kappa shape index (κ1) is 17.2. The minimum Gasteiger partial charge on any atom is -0.350 e. The van der Waals surface area contributed by atoms with Gasteiger partial charge in [0.15, 0.2) is 0 Å². The van der Waals surface area contributed by atoms with Gasteiger partial charge in [-0.1, -0.05) is 6.07 Å². The largest absolute Gasteiger partial charge is 0.350 e. The maximum Gasteiger partial charge on any atom is 0.251 e. The van der Waals surface area contributed by atoms with Crippen LogP contribution in [-0.2, 0) is 4.79 Å². The van der Waals surface area contributed by atoms with Crippen LogP contribution in [0, 0.1) is 0 Å². The van der Waals surface area contributed by atoms with Gasteiger partial charge in [0.2, 0.25) is 5.91 Å². The highest BCUT2D eigenvalue weighted by molar-refractivity contribution is 7.10. The Balaban J connectivity index is 1.97. The molecule has 0 fully saturated rings. The van der Waals surface area contributed by atoms with Crippen molar-refractivity contribution in [2.45, 2.75) is 13.0 Å². The highest BCUT2D eigenvalue weighted by Crippen LogP contribution is 2.22. The Morgan fingerprint density at radius 3 is 2.39 bits per heavy atom. The molecule has 0 saturated carbocycles. The average molecular weight is 331 g/mol. The van der Waals surface area contributed by atoms with Crippen LogP contribution in [0.4, 0.5) is 5.69 Å². The fourth-order valence-corrected chi connectivity index (χ4v) is 3.14. The van der Waals surface area contributed by atoms with E-state index in [0.29, 0.717) is 17.8 Å². The molecule has 5 nitrogen and oxygen atoms in total. The number of carbonyl (C=O) groups is 2. The lowest BCUT2D eigenvalue weighted by atomic mass is 10.1. The minimum absolute atomic E-state index is 0.122. The fourth-order valence-electron chi connectivity index (χ4n) is 2.22. The molecule has 1 aromatic carbocycles. The van der Waals surface area contributed by atoms with Crippen molar-refractivity contribution in [1.82, 2.24) is 10.2 Å². The van der Waals surface area contributed by atoms with Crippen molar-refractivity contribution in [1.29, 1.82) is 0 Å². The molecule has 0 spiro atoms. The summed E-state index contributed by atoms with van der Waals surface area (Å²) in [6, 6.07) is 11.1. The van der Waals surface area contributed by atoms with Gasteiger partial charge in [0.05, 0.1) is 6.04 Å². The number of hydrogen-bond acceptors (Lipinski definition) is 4. The Hall–Kier alpha value is -2.18. The third-order valence-corrected chi connectivity index (χ3v) is 4.39. The molecule has 2 N–H and O–H groups in total. The molecule has 0 radical (unpaired) electrons. The quantitative estimate of drug-likeness (QED) is 0.855. The third-order valence-electron chi connectivity index (χ3n) is 3.42. The molecule has 1 heterocycles. The molecule has 2 amide bonds. The zero-order valence-corrected chi connectivity index (χ0v) is 14.3. The summed E-state index contributed by atoms with van der Waals surface area (Å²) in [5, 5.41) is 7.68. The summed E-state index contributed by atoms with van der Waals surface area (Å²) in [5.41, 5.74) is 1.25. The molecule has 6 heteroatoms. The van der Waals surface area contributed by atoms with Gasteiger partial charge in [-0.25, -0.2) is 0 Å². The van der Waals surface area contributed by atoms with Gasteiger partial charge in [-0.05, 0) is 49.8 Å². The Bertz CT molecular complexity index is 651. The van der Waals surface area contributed by atoms with Crippen molar-refractivity contribution >= 4 is 28.8 Å². The van der Waals surface area contributed by atoms with Crippen molar-refractivity contribution in [2.75, 3.05) is 26.0 Å². The fraction of sp³-hybridized carbons (Fsp3) is 0.294. The van der Waals surface area contributed by atoms with Gasteiger partial charge in [-0.2, -0.15) is 0 Å². The predicted octanol–water partition coefficient (Wildman–Crippen LogP) is 2.74. The van der Waals surface area contributed by atoms with E-state index in [4.69, 9.17) is 0 Å². The van der Waals surface area contributed by atoms with Crippen LogP contribution in [0.15, 0.2) is 41.8 Å². The van der Waals surface area contributed by atoms with Crippen molar-refractivity contribution in [2.24, 2.45) is 0 Å². The molecular formula is C17H21N3O2S. The number of amides is 2. The molecule has 1 atom stereocenters. The number of nitrogens with zero attached hydrogens (tertiary/aromatic N) is 1. The zero-order chi connectivity index (χ0) is 16.8. The molecule has 0 aliphatic carbocycles. The topological polar surface area (TPSA) is 61.4 Å². The molecule has 0 aliphatic heterocycles. The van der Waals surface area contributed by atoms with Crippen LogP contribution in [0.3, 0.4) is 0 Å². The zero-order valence-electron chi connectivity index (χ0n) is 13.5. The van der Waals surface area contributed by atoms with E-state index in [0.717, 1.165) is 0 Å². The molecule has 122 valence electrons. The molecule has 0 saturated heterocycles. The van der Waals surface area contributed by atoms with Crippen molar-refractivity contribution in [3.05, 3.63) is 52.2 Å².